The Hall–Kier alpha value is -0.400. The highest BCUT2D eigenvalue weighted by molar-refractivity contribution is 5.91. The van der Waals surface area contributed by atoms with Crippen LogP contribution in [0.25, 0.3) is 0 Å². The van der Waals surface area contributed by atoms with Crippen LogP contribution in [-0.4, -0.2) is 12.0 Å². The number of hydrogen-bond acceptors (Lipinski definition) is 1. The maximum absolute atomic E-state index is 14.0. The molecule has 0 aliphatic heterocycles. The minimum absolute atomic E-state index is 0.0532. The van der Waals surface area contributed by atoms with Gasteiger partial charge in [-0.1, -0.05) is 41.5 Å². The van der Waals surface area contributed by atoms with Crippen LogP contribution in [-0.2, 0) is 4.79 Å². The van der Waals surface area contributed by atoms with Gasteiger partial charge in [-0.15, -0.1) is 0 Å². The van der Waals surface area contributed by atoms with Gasteiger partial charge in [0.2, 0.25) is 0 Å². The van der Waals surface area contributed by atoms with Crippen molar-refractivity contribution < 1.29 is 9.18 Å². The van der Waals surface area contributed by atoms with Gasteiger partial charge in [-0.2, -0.15) is 0 Å². The fourth-order valence-corrected chi connectivity index (χ4v) is 4.10. The van der Waals surface area contributed by atoms with Crippen molar-refractivity contribution in [1.29, 1.82) is 0 Å². The Kier molecular flexibility index (Phi) is 1.82. The Balaban J connectivity index is 2.49. The van der Waals surface area contributed by atoms with Crippen molar-refractivity contribution in [2.75, 3.05) is 0 Å². The first-order valence-corrected chi connectivity index (χ1v) is 5.74. The van der Waals surface area contributed by atoms with Crippen LogP contribution in [0.4, 0.5) is 4.39 Å². The number of carbonyl (C=O) groups excluding carboxylic acids is 1. The van der Waals surface area contributed by atoms with Crippen molar-refractivity contribution in [3.63, 3.8) is 0 Å². The van der Waals surface area contributed by atoms with Crippen molar-refractivity contribution in [3.05, 3.63) is 0 Å². The molecule has 0 aromatic rings. The SMILES string of the molecule is CC1(C)C(F)C(=O)C2C1C(C)(C)C2(C)C. The van der Waals surface area contributed by atoms with E-state index < -0.39 is 11.6 Å². The van der Waals surface area contributed by atoms with E-state index in [0.717, 1.165) is 0 Å². The van der Waals surface area contributed by atoms with Crippen molar-refractivity contribution in [2.24, 2.45) is 28.1 Å². The standard InChI is InChI=1S/C13H21FO/c1-11(2)9-7(8(15)10(11)14)12(3,4)13(9,5)6/h7,9-10H,1-6H3. The van der Waals surface area contributed by atoms with Gasteiger partial charge < -0.3 is 0 Å². The molecule has 0 spiro atoms. The molecule has 1 nitrogen and oxygen atoms in total. The van der Waals surface area contributed by atoms with E-state index >= 15 is 0 Å². The summed E-state index contributed by atoms with van der Waals surface area (Å²) in [5.74, 6) is -0.0330. The fraction of sp³-hybridized carbons (Fsp3) is 0.923. The monoisotopic (exact) mass is 212 g/mol. The molecule has 0 amide bonds. The summed E-state index contributed by atoms with van der Waals surface area (Å²) in [6.45, 7) is 12.3. The van der Waals surface area contributed by atoms with Crippen LogP contribution >= 0.6 is 0 Å². The van der Waals surface area contributed by atoms with Crippen LogP contribution in [0.1, 0.15) is 41.5 Å². The van der Waals surface area contributed by atoms with Crippen LogP contribution in [0.15, 0.2) is 0 Å². The van der Waals surface area contributed by atoms with Gasteiger partial charge >= 0.3 is 0 Å². The zero-order chi connectivity index (χ0) is 11.8. The molecule has 2 rings (SSSR count). The maximum Gasteiger partial charge on any atom is 0.171 e. The summed E-state index contributed by atoms with van der Waals surface area (Å²) in [6.07, 6.45) is -1.27. The van der Waals surface area contributed by atoms with Gasteiger partial charge in [0.15, 0.2) is 12.0 Å². The van der Waals surface area contributed by atoms with Gasteiger partial charge in [0.25, 0.3) is 0 Å². The van der Waals surface area contributed by atoms with Crippen molar-refractivity contribution >= 4 is 5.78 Å². The Morgan fingerprint density at radius 1 is 1.00 bits per heavy atom. The summed E-state index contributed by atoms with van der Waals surface area (Å²) in [5, 5.41) is 0. The molecule has 0 heterocycles. The highest BCUT2D eigenvalue weighted by atomic mass is 19.1. The largest absolute Gasteiger partial charge is 0.296 e. The molecule has 2 aliphatic rings. The number of halogens is 1. The lowest BCUT2D eigenvalue weighted by atomic mass is 9.38. The highest BCUT2D eigenvalue weighted by Crippen LogP contribution is 2.73. The predicted molar refractivity (Wildman–Crippen MR) is 58.2 cm³/mol. The molecular weight excluding hydrogens is 191 g/mol. The number of carbonyl (C=O) groups is 1. The van der Waals surface area contributed by atoms with Crippen molar-refractivity contribution in [1.82, 2.24) is 0 Å². The lowest BCUT2D eigenvalue weighted by molar-refractivity contribution is -0.185. The summed E-state index contributed by atoms with van der Waals surface area (Å²) in [6, 6.07) is 0. The second-order valence-electron chi connectivity index (χ2n) is 6.99. The minimum Gasteiger partial charge on any atom is -0.296 e. The zero-order valence-corrected chi connectivity index (χ0v) is 10.5. The molecule has 3 atom stereocenters. The molecule has 2 fully saturated rings. The Labute approximate surface area is 91.4 Å². The van der Waals surface area contributed by atoms with Crippen LogP contribution in [0.5, 0.6) is 0 Å². The summed E-state index contributed by atoms with van der Waals surface area (Å²) >= 11 is 0. The van der Waals surface area contributed by atoms with Crippen molar-refractivity contribution in [3.8, 4) is 0 Å². The summed E-state index contributed by atoms with van der Waals surface area (Å²) in [4.78, 5) is 11.9. The fourth-order valence-electron chi connectivity index (χ4n) is 4.10. The Bertz CT molecular complexity index is 327. The summed E-state index contributed by atoms with van der Waals surface area (Å²) in [7, 11) is 0. The molecule has 2 saturated carbocycles. The average molecular weight is 212 g/mol. The molecule has 3 unspecified atom stereocenters. The summed E-state index contributed by atoms with van der Waals surface area (Å²) < 4.78 is 14.0. The van der Waals surface area contributed by atoms with E-state index in [1.807, 2.05) is 13.8 Å². The van der Waals surface area contributed by atoms with Gasteiger partial charge in [0, 0.05) is 11.3 Å². The van der Waals surface area contributed by atoms with E-state index in [4.69, 9.17) is 0 Å². The van der Waals surface area contributed by atoms with Crippen LogP contribution in [0.2, 0.25) is 0 Å². The molecule has 0 aromatic heterocycles. The second-order valence-corrected chi connectivity index (χ2v) is 6.99. The molecule has 86 valence electrons. The van der Waals surface area contributed by atoms with Gasteiger partial charge in [-0.05, 0) is 16.7 Å². The van der Waals surface area contributed by atoms with E-state index in [9.17, 15) is 9.18 Å². The van der Waals surface area contributed by atoms with E-state index in [2.05, 4.69) is 27.7 Å². The number of Topliss-reactive ketones (excluding diaryl/α,β-unsaturated/α-hetero) is 1. The summed E-state index contributed by atoms with van der Waals surface area (Å²) in [5.41, 5.74) is -0.495. The first-order valence-electron chi connectivity index (χ1n) is 5.74. The third-order valence-corrected chi connectivity index (χ3v) is 5.56. The van der Waals surface area contributed by atoms with Gasteiger partial charge in [0.05, 0.1) is 0 Å². The third-order valence-electron chi connectivity index (χ3n) is 5.56. The zero-order valence-electron chi connectivity index (χ0n) is 10.5. The quantitative estimate of drug-likeness (QED) is 0.602. The molecule has 2 heteroatoms. The number of alkyl halides is 1. The van der Waals surface area contributed by atoms with Crippen LogP contribution in [0.3, 0.4) is 0 Å². The number of fused-ring (bicyclic) bond motifs is 1. The van der Waals surface area contributed by atoms with Gasteiger partial charge in [0.1, 0.15) is 0 Å². The molecule has 2 aliphatic carbocycles. The molecule has 0 N–H and O–H groups in total. The lowest BCUT2D eigenvalue weighted by Crippen LogP contribution is -2.62. The van der Waals surface area contributed by atoms with Crippen LogP contribution in [0, 0.1) is 28.1 Å². The number of rotatable bonds is 0. The topological polar surface area (TPSA) is 17.1 Å². The van der Waals surface area contributed by atoms with Gasteiger partial charge in [-0.3, -0.25) is 4.79 Å². The Morgan fingerprint density at radius 3 is 1.87 bits per heavy atom. The highest BCUT2D eigenvalue weighted by Gasteiger charge is 2.74. The van der Waals surface area contributed by atoms with E-state index in [1.165, 1.54) is 0 Å². The number of hydrogen-bond donors (Lipinski definition) is 0. The smallest absolute Gasteiger partial charge is 0.171 e. The average Bonchev–Trinajstić information content (AvgIpc) is 2.25. The first-order chi connectivity index (χ1) is 6.56. The normalized spacial score (nSPS) is 44.7. The minimum atomic E-state index is -1.27. The second kappa shape index (κ2) is 2.46. The van der Waals surface area contributed by atoms with Crippen molar-refractivity contribution in [2.45, 2.75) is 47.7 Å². The Morgan fingerprint density at radius 2 is 1.47 bits per heavy atom. The molecule has 0 saturated heterocycles. The molecule has 0 radical (unpaired) electrons. The van der Waals surface area contributed by atoms with E-state index in [0.29, 0.717) is 0 Å². The third kappa shape index (κ3) is 0.920. The first kappa shape index (κ1) is 11.1. The molecule has 0 aromatic carbocycles. The predicted octanol–water partition coefficient (Wildman–Crippen LogP) is 3.23. The molecule has 0 bridgehead atoms. The number of ketones is 1. The van der Waals surface area contributed by atoms with Crippen LogP contribution < -0.4 is 0 Å². The van der Waals surface area contributed by atoms with E-state index in [1.54, 1.807) is 0 Å². The molecule has 15 heavy (non-hydrogen) atoms. The molecular formula is C13H21FO. The lowest BCUT2D eigenvalue weighted by Gasteiger charge is -2.64. The maximum atomic E-state index is 14.0. The van der Waals surface area contributed by atoms with Gasteiger partial charge in [-0.25, -0.2) is 4.39 Å². The van der Waals surface area contributed by atoms with E-state index in [-0.39, 0.29) is 28.4 Å².